The van der Waals surface area contributed by atoms with E-state index in [1.807, 2.05) is 0 Å². The second-order valence-electron chi connectivity index (χ2n) is 6.16. The largest absolute Gasteiger partial charge is 0.464 e. The molecule has 2 aromatic rings. The Hall–Kier alpha value is -2.75. The number of benzene rings is 1. The number of likely N-dealkylation sites (N-methyl/N-ethyl adjacent to an activating group) is 1. The number of nitrogens with zero attached hydrogens (tertiary/aromatic N) is 3. The van der Waals surface area contributed by atoms with Gasteiger partial charge in [0.15, 0.2) is 11.5 Å². The molecule has 1 aliphatic rings. The molecule has 1 aromatic heterocycles. The lowest BCUT2D eigenvalue weighted by Crippen LogP contribution is -2.41. The van der Waals surface area contributed by atoms with Crippen LogP contribution in [0.2, 0.25) is 0 Å². The predicted octanol–water partition coefficient (Wildman–Crippen LogP) is 2.18. The monoisotopic (exact) mass is 454 g/mol. The van der Waals surface area contributed by atoms with E-state index < -0.39 is 29.9 Å². The minimum atomic E-state index is -1.64. The number of amides is 1. The summed E-state index contributed by atoms with van der Waals surface area (Å²) in [5.41, 5.74) is 4.94. The van der Waals surface area contributed by atoms with Crippen LogP contribution in [0.3, 0.4) is 0 Å². The standard InChI is InChI=1S/C18H17BrF2N4O3/c1-24-16(27)18(23-17(24)22,10-3-4-13(21)12(19)7-10)11-8-14(15(26)28-2)25(9-11)6-5-20/h3-4,7-9H,5-6H2,1-2H3,(H2,22,23). The molecule has 0 radical (unpaired) electrons. The summed E-state index contributed by atoms with van der Waals surface area (Å²) in [7, 11) is 2.66. The quantitative estimate of drug-likeness (QED) is 0.701. The van der Waals surface area contributed by atoms with Crippen molar-refractivity contribution in [3.05, 3.63) is 57.6 Å². The molecule has 0 aliphatic carbocycles. The Morgan fingerprint density at radius 3 is 2.61 bits per heavy atom. The summed E-state index contributed by atoms with van der Waals surface area (Å²) in [4.78, 5) is 30.8. The second-order valence-corrected chi connectivity index (χ2v) is 7.02. The molecule has 148 valence electrons. The molecule has 28 heavy (non-hydrogen) atoms. The number of aromatic nitrogens is 1. The SMILES string of the molecule is COC(=O)c1cc(C2(c3ccc(F)c(Br)c3)N=C(N)N(C)C2=O)cn1CCF. The van der Waals surface area contributed by atoms with Gasteiger partial charge >= 0.3 is 5.97 Å². The zero-order valence-corrected chi connectivity index (χ0v) is 16.7. The van der Waals surface area contributed by atoms with Crippen LogP contribution < -0.4 is 5.73 Å². The molecule has 2 N–H and O–H groups in total. The first kappa shape index (κ1) is 20.0. The van der Waals surface area contributed by atoms with E-state index in [2.05, 4.69) is 20.9 Å². The smallest absolute Gasteiger partial charge is 0.354 e. The van der Waals surface area contributed by atoms with Crippen LogP contribution in [0, 0.1) is 5.82 Å². The van der Waals surface area contributed by atoms with Gasteiger partial charge in [-0.15, -0.1) is 0 Å². The molecule has 1 atom stereocenters. The van der Waals surface area contributed by atoms with Crippen LogP contribution in [-0.4, -0.2) is 48.1 Å². The van der Waals surface area contributed by atoms with Crippen molar-refractivity contribution in [2.24, 2.45) is 10.7 Å². The van der Waals surface area contributed by atoms with Gasteiger partial charge in [0.05, 0.1) is 18.1 Å². The fraction of sp³-hybridized carbons (Fsp3) is 0.278. The van der Waals surface area contributed by atoms with E-state index in [-0.39, 0.29) is 28.2 Å². The number of rotatable bonds is 5. The van der Waals surface area contributed by atoms with Crippen LogP contribution in [0.1, 0.15) is 21.6 Å². The maximum Gasteiger partial charge on any atom is 0.354 e. The number of carbonyl (C=O) groups is 2. The summed E-state index contributed by atoms with van der Waals surface area (Å²) in [6.07, 6.45) is 1.46. The summed E-state index contributed by atoms with van der Waals surface area (Å²) in [5, 5.41) is 0. The number of guanidine groups is 1. The van der Waals surface area contributed by atoms with Crippen LogP contribution >= 0.6 is 15.9 Å². The molecule has 2 heterocycles. The molecule has 1 aromatic carbocycles. The fourth-order valence-electron chi connectivity index (χ4n) is 3.16. The van der Waals surface area contributed by atoms with Crippen molar-refractivity contribution >= 4 is 33.8 Å². The Morgan fingerprint density at radius 1 is 1.36 bits per heavy atom. The number of aryl methyl sites for hydroxylation is 1. The summed E-state index contributed by atoms with van der Waals surface area (Å²) < 4.78 is 33.0. The lowest BCUT2D eigenvalue weighted by molar-refractivity contribution is -0.129. The van der Waals surface area contributed by atoms with Crippen LogP contribution in [0.15, 0.2) is 39.9 Å². The Labute approximate surface area is 167 Å². The van der Waals surface area contributed by atoms with Crippen molar-refractivity contribution in [1.29, 1.82) is 0 Å². The van der Waals surface area contributed by atoms with Gasteiger partial charge in [-0.05, 0) is 39.7 Å². The van der Waals surface area contributed by atoms with E-state index in [1.54, 1.807) is 0 Å². The Morgan fingerprint density at radius 2 is 2.07 bits per heavy atom. The lowest BCUT2D eigenvalue weighted by atomic mass is 9.84. The van der Waals surface area contributed by atoms with Crippen molar-refractivity contribution < 1.29 is 23.1 Å². The average molecular weight is 455 g/mol. The number of methoxy groups -OCH3 is 1. The molecule has 10 heteroatoms. The van der Waals surface area contributed by atoms with Gasteiger partial charge in [0.25, 0.3) is 5.91 Å². The van der Waals surface area contributed by atoms with E-state index in [0.717, 1.165) is 0 Å². The van der Waals surface area contributed by atoms with Gasteiger partial charge in [-0.1, -0.05) is 6.07 Å². The van der Waals surface area contributed by atoms with Gasteiger partial charge in [-0.3, -0.25) is 9.69 Å². The molecule has 0 saturated heterocycles. The molecule has 0 fully saturated rings. The molecule has 3 rings (SSSR count). The van der Waals surface area contributed by atoms with Gasteiger partial charge < -0.3 is 15.0 Å². The minimum Gasteiger partial charge on any atom is -0.464 e. The van der Waals surface area contributed by atoms with Crippen molar-refractivity contribution in [3.8, 4) is 0 Å². The zero-order chi connectivity index (χ0) is 20.6. The van der Waals surface area contributed by atoms with Gasteiger partial charge in [-0.2, -0.15) is 0 Å². The van der Waals surface area contributed by atoms with E-state index in [9.17, 15) is 18.4 Å². The van der Waals surface area contributed by atoms with Crippen LogP contribution in [0.4, 0.5) is 8.78 Å². The lowest BCUT2D eigenvalue weighted by Gasteiger charge is -2.25. The van der Waals surface area contributed by atoms with Crippen LogP contribution in [0.25, 0.3) is 0 Å². The summed E-state index contributed by atoms with van der Waals surface area (Å²) in [5.74, 6) is -1.73. The zero-order valence-electron chi connectivity index (χ0n) is 15.1. The number of ether oxygens (including phenoxy) is 1. The van der Waals surface area contributed by atoms with Crippen molar-refractivity contribution in [1.82, 2.24) is 9.47 Å². The van der Waals surface area contributed by atoms with E-state index in [4.69, 9.17) is 10.5 Å². The number of halogens is 3. The Kier molecular flexibility index (Phi) is 5.24. The third kappa shape index (κ3) is 2.97. The van der Waals surface area contributed by atoms with Crippen molar-refractivity contribution in [2.45, 2.75) is 12.1 Å². The van der Waals surface area contributed by atoms with Gasteiger partial charge in [0, 0.05) is 18.8 Å². The number of alkyl halides is 1. The summed E-state index contributed by atoms with van der Waals surface area (Å²) in [6.45, 7) is -0.844. The molecular formula is C18H17BrF2N4O3. The topological polar surface area (TPSA) is 89.9 Å². The molecule has 0 saturated carbocycles. The molecule has 1 unspecified atom stereocenters. The Balaban J connectivity index is 2.29. The van der Waals surface area contributed by atoms with Gasteiger partial charge in [-0.25, -0.2) is 18.6 Å². The van der Waals surface area contributed by atoms with Gasteiger partial charge in [0.1, 0.15) is 18.2 Å². The molecular weight excluding hydrogens is 438 g/mol. The van der Waals surface area contributed by atoms with Crippen molar-refractivity contribution in [3.63, 3.8) is 0 Å². The molecule has 0 bridgehead atoms. The number of hydrogen-bond acceptors (Lipinski definition) is 5. The molecule has 1 aliphatic heterocycles. The molecule has 7 nitrogen and oxygen atoms in total. The van der Waals surface area contributed by atoms with Crippen molar-refractivity contribution in [2.75, 3.05) is 20.8 Å². The van der Waals surface area contributed by atoms with E-state index in [1.165, 1.54) is 54.1 Å². The first-order chi connectivity index (χ1) is 13.3. The van der Waals surface area contributed by atoms with E-state index >= 15 is 0 Å². The van der Waals surface area contributed by atoms with Crippen LogP contribution in [-0.2, 0) is 21.6 Å². The highest BCUT2D eigenvalue weighted by Gasteiger charge is 2.50. The number of hydrogen-bond donors (Lipinski definition) is 1. The third-order valence-corrected chi connectivity index (χ3v) is 5.22. The summed E-state index contributed by atoms with van der Waals surface area (Å²) >= 11 is 3.11. The number of aliphatic imine (C=N–C) groups is 1. The minimum absolute atomic E-state index is 0.0386. The van der Waals surface area contributed by atoms with Gasteiger partial charge in [0.2, 0.25) is 0 Å². The first-order valence-electron chi connectivity index (χ1n) is 8.20. The van der Waals surface area contributed by atoms with E-state index in [0.29, 0.717) is 5.56 Å². The highest BCUT2D eigenvalue weighted by Crippen LogP contribution is 2.41. The van der Waals surface area contributed by atoms with Crippen LogP contribution in [0.5, 0.6) is 0 Å². The highest BCUT2D eigenvalue weighted by molar-refractivity contribution is 9.10. The normalized spacial score (nSPS) is 19.1. The molecule has 0 spiro atoms. The maximum atomic E-state index is 13.8. The number of nitrogens with two attached hydrogens (primary N) is 1. The maximum absolute atomic E-state index is 13.8. The summed E-state index contributed by atoms with van der Waals surface area (Å²) in [6, 6.07) is 5.44. The predicted molar refractivity (Wildman–Crippen MR) is 101 cm³/mol. The first-order valence-corrected chi connectivity index (χ1v) is 8.99. The number of esters is 1. The average Bonchev–Trinajstić information content (AvgIpc) is 3.19. The highest BCUT2D eigenvalue weighted by atomic mass is 79.9. The molecule has 1 amide bonds. The number of carbonyl (C=O) groups excluding carboxylic acids is 2. The second kappa shape index (κ2) is 7.34. The Bertz CT molecular complexity index is 991. The fourth-order valence-corrected chi connectivity index (χ4v) is 3.54. The third-order valence-electron chi connectivity index (χ3n) is 4.61.